The SMILES string of the molecule is CC(C)(N)C(=O)NCc1ccc(OC(F)(F)F)cc1. The van der Waals surface area contributed by atoms with Crippen molar-refractivity contribution in [2.45, 2.75) is 32.3 Å². The molecule has 0 saturated carbocycles. The van der Waals surface area contributed by atoms with E-state index in [-0.39, 0.29) is 18.2 Å². The molecule has 1 aromatic rings. The van der Waals surface area contributed by atoms with E-state index in [0.29, 0.717) is 5.56 Å². The molecule has 1 aromatic carbocycles. The van der Waals surface area contributed by atoms with Crippen molar-refractivity contribution in [3.8, 4) is 5.75 Å². The van der Waals surface area contributed by atoms with E-state index in [2.05, 4.69) is 10.1 Å². The Kier molecular flexibility index (Phi) is 4.41. The van der Waals surface area contributed by atoms with Crippen LogP contribution in [0.4, 0.5) is 13.2 Å². The summed E-state index contributed by atoms with van der Waals surface area (Å²) in [5, 5.41) is 2.58. The summed E-state index contributed by atoms with van der Waals surface area (Å²) < 4.78 is 39.5. The highest BCUT2D eigenvalue weighted by atomic mass is 19.4. The van der Waals surface area contributed by atoms with E-state index in [1.54, 1.807) is 13.8 Å². The number of ether oxygens (including phenoxy) is 1. The van der Waals surface area contributed by atoms with Gasteiger partial charge in [0.05, 0.1) is 5.54 Å². The van der Waals surface area contributed by atoms with Crippen LogP contribution in [-0.2, 0) is 11.3 Å². The van der Waals surface area contributed by atoms with E-state index in [1.165, 1.54) is 24.3 Å². The van der Waals surface area contributed by atoms with E-state index in [0.717, 1.165) is 0 Å². The number of hydrogen-bond donors (Lipinski definition) is 2. The Morgan fingerprint density at radius 1 is 1.26 bits per heavy atom. The molecule has 3 N–H and O–H groups in total. The maximum absolute atomic E-state index is 11.9. The van der Waals surface area contributed by atoms with Crippen LogP contribution in [0.1, 0.15) is 19.4 Å². The van der Waals surface area contributed by atoms with Gasteiger partial charge in [0.25, 0.3) is 0 Å². The average molecular weight is 276 g/mol. The number of benzene rings is 1. The predicted molar refractivity (Wildman–Crippen MR) is 63.2 cm³/mol. The summed E-state index contributed by atoms with van der Waals surface area (Å²) >= 11 is 0. The first-order chi connectivity index (χ1) is 8.58. The second-order valence-corrected chi connectivity index (χ2v) is 4.60. The van der Waals surface area contributed by atoms with E-state index in [4.69, 9.17) is 5.73 Å². The van der Waals surface area contributed by atoms with Crippen LogP contribution in [0.5, 0.6) is 5.75 Å². The number of carbonyl (C=O) groups excluding carboxylic acids is 1. The van der Waals surface area contributed by atoms with Crippen LogP contribution >= 0.6 is 0 Å². The molecule has 106 valence electrons. The number of nitrogens with one attached hydrogen (secondary N) is 1. The van der Waals surface area contributed by atoms with Crippen LogP contribution < -0.4 is 15.8 Å². The number of amides is 1. The number of nitrogens with two attached hydrogens (primary N) is 1. The summed E-state index contributed by atoms with van der Waals surface area (Å²) in [7, 11) is 0. The predicted octanol–water partition coefficient (Wildman–Crippen LogP) is 1.94. The van der Waals surface area contributed by atoms with Gasteiger partial charge >= 0.3 is 6.36 Å². The minimum atomic E-state index is -4.71. The summed E-state index contributed by atoms with van der Waals surface area (Å²) in [5.41, 5.74) is 5.22. The van der Waals surface area contributed by atoms with Gasteiger partial charge in [0.15, 0.2) is 0 Å². The van der Waals surface area contributed by atoms with Crippen LogP contribution in [0, 0.1) is 0 Å². The molecule has 0 aliphatic heterocycles. The van der Waals surface area contributed by atoms with Crippen molar-refractivity contribution in [2.24, 2.45) is 5.73 Å². The summed E-state index contributed by atoms with van der Waals surface area (Å²) in [6.07, 6.45) is -4.71. The van der Waals surface area contributed by atoms with E-state index < -0.39 is 11.9 Å². The minimum Gasteiger partial charge on any atom is -0.406 e. The molecule has 0 atom stereocenters. The number of rotatable bonds is 4. The molecule has 0 aromatic heterocycles. The van der Waals surface area contributed by atoms with E-state index in [1.807, 2.05) is 0 Å². The molecule has 0 fully saturated rings. The van der Waals surface area contributed by atoms with Gasteiger partial charge in [-0.05, 0) is 31.5 Å². The third-order valence-corrected chi connectivity index (χ3v) is 2.20. The molecule has 0 aliphatic carbocycles. The Balaban J connectivity index is 2.56. The zero-order valence-corrected chi connectivity index (χ0v) is 10.5. The zero-order chi connectivity index (χ0) is 14.7. The molecule has 1 rings (SSSR count). The van der Waals surface area contributed by atoms with Crippen molar-refractivity contribution in [3.63, 3.8) is 0 Å². The molecule has 0 aliphatic rings. The zero-order valence-electron chi connectivity index (χ0n) is 10.5. The Labute approximate surface area is 108 Å². The first-order valence-electron chi connectivity index (χ1n) is 5.50. The first-order valence-corrected chi connectivity index (χ1v) is 5.50. The van der Waals surface area contributed by atoms with Gasteiger partial charge in [0.1, 0.15) is 5.75 Å². The summed E-state index contributed by atoms with van der Waals surface area (Å²) in [6, 6.07) is 5.24. The molecule has 0 spiro atoms. The normalized spacial score (nSPS) is 12.1. The number of hydrogen-bond acceptors (Lipinski definition) is 3. The smallest absolute Gasteiger partial charge is 0.406 e. The molecule has 1 amide bonds. The van der Waals surface area contributed by atoms with Crippen molar-refractivity contribution >= 4 is 5.91 Å². The van der Waals surface area contributed by atoms with E-state index in [9.17, 15) is 18.0 Å². The summed E-state index contributed by atoms with van der Waals surface area (Å²) in [6.45, 7) is 3.30. The second-order valence-electron chi connectivity index (χ2n) is 4.60. The first kappa shape index (κ1) is 15.3. The molecule has 0 heterocycles. The fourth-order valence-electron chi connectivity index (χ4n) is 1.22. The third kappa shape index (κ3) is 5.60. The molecular weight excluding hydrogens is 261 g/mol. The quantitative estimate of drug-likeness (QED) is 0.883. The molecule has 19 heavy (non-hydrogen) atoms. The van der Waals surface area contributed by atoms with Gasteiger partial charge in [0, 0.05) is 6.54 Å². The van der Waals surface area contributed by atoms with Crippen LogP contribution in [0.15, 0.2) is 24.3 Å². The van der Waals surface area contributed by atoms with Crippen molar-refractivity contribution < 1.29 is 22.7 Å². The van der Waals surface area contributed by atoms with E-state index >= 15 is 0 Å². The van der Waals surface area contributed by atoms with Crippen molar-refractivity contribution in [3.05, 3.63) is 29.8 Å². The van der Waals surface area contributed by atoms with Crippen LogP contribution in [0.3, 0.4) is 0 Å². The van der Waals surface area contributed by atoms with Gasteiger partial charge in [-0.3, -0.25) is 4.79 Å². The molecule has 7 heteroatoms. The second kappa shape index (κ2) is 5.48. The van der Waals surface area contributed by atoms with Crippen molar-refractivity contribution in [2.75, 3.05) is 0 Å². The van der Waals surface area contributed by atoms with Crippen molar-refractivity contribution in [1.29, 1.82) is 0 Å². The fraction of sp³-hybridized carbons (Fsp3) is 0.417. The Morgan fingerprint density at radius 3 is 2.21 bits per heavy atom. The maximum atomic E-state index is 11.9. The molecule has 4 nitrogen and oxygen atoms in total. The lowest BCUT2D eigenvalue weighted by molar-refractivity contribution is -0.274. The van der Waals surface area contributed by atoms with Gasteiger partial charge in [-0.15, -0.1) is 13.2 Å². The molecule has 0 bridgehead atoms. The molecule has 0 unspecified atom stereocenters. The molecular formula is C12H15F3N2O2. The third-order valence-electron chi connectivity index (χ3n) is 2.20. The Morgan fingerprint density at radius 2 is 1.79 bits per heavy atom. The summed E-state index contributed by atoms with van der Waals surface area (Å²) in [4.78, 5) is 11.5. The highest BCUT2D eigenvalue weighted by molar-refractivity contribution is 5.84. The average Bonchev–Trinajstić information content (AvgIpc) is 2.24. The van der Waals surface area contributed by atoms with Crippen LogP contribution in [0.2, 0.25) is 0 Å². The largest absolute Gasteiger partial charge is 0.573 e. The summed E-state index contributed by atoms with van der Waals surface area (Å²) in [5.74, 6) is -0.648. The number of alkyl halides is 3. The lowest BCUT2D eigenvalue weighted by atomic mass is 10.1. The minimum absolute atomic E-state index is 0.186. The highest BCUT2D eigenvalue weighted by Crippen LogP contribution is 2.22. The highest BCUT2D eigenvalue weighted by Gasteiger charge is 2.30. The van der Waals surface area contributed by atoms with Crippen LogP contribution in [0.25, 0.3) is 0 Å². The monoisotopic (exact) mass is 276 g/mol. The van der Waals surface area contributed by atoms with Gasteiger partial charge in [-0.1, -0.05) is 12.1 Å². The number of halogens is 3. The standard InChI is InChI=1S/C12H15F3N2O2/c1-11(2,16)10(18)17-7-8-3-5-9(6-4-8)19-12(13,14)15/h3-6H,7,16H2,1-2H3,(H,17,18). The van der Waals surface area contributed by atoms with Crippen LogP contribution in [-0.4, -0.2) is 17.8 Å². The number of carbonyl (C=O) groups is 1. The fourth-order valence-corrected chi connectivity index (χ4v) is 1.22. The topological polar surface area (TPSA) is 64.4 Å². The Bertz CT molecular complexity index is 436. The maximum Gasteiger partial charge on any atom is 0.573 e. The lowest BCUT2D eigenvalue weighted by Gasteiger charge is -2.17. The van der Waals surface area contributed by atoms with Gasteiger partial charge in [-0.2, -0.15) is 0 Å². The lowest BCUT2D eigenvalue weighted by Crippen LogP contribution is -2.48. The molecule has 0 saturated heterocycles. The van der Waals surface area contributed by atoms with Gasteiger partial charge < -0.3 is 15.8 Å². The van der Waals surface area contributed by atoms with Gasteiger partial charge in [0.2, 0.25) is 5.91 Å². The van der Waals surface area contributed by atoms with Gasteiger partial charge in [-0.25, -0.2) is 0 Å². The molecule has 0 radical (unpaired) electrons. The Hall–Kier alpha value is -1.76. The van der Waals surface area contributed by atoms with Crippen molar-refractivity contribution in [1.82, 2.24) is 5.32 Å².